The highest BCUT2D eigenvalue weighted by molar-refractivity contribution is 9.10. The molecule has 1 aromatic rings. The maximum Gasteiger partial charge on any atom is 0.0614 e. The van der Waals surface area contributed by atoms with Crippen molar-refractivity contribution in [1.29, 1.82) is 0 Å². The minimum absolute atomic E-state index is 0.879. The molecule has 0 bridgehead atoms. The van der Waals surface area contributed by atoms with Crippen LogP contribution in [-0.2, 0) is 4.74 Å². The summed E-state index contributed by atoms with van der Waals surface area (Å²) in [6.07, 6.45) is 0. The first-order valence-corrected chi connectivity index (χ1v) is 7.71. The summed E-state index contributed by atoms with van der Waals surface area (Å²) in [7, 11) is 0. The van der Waals surface area contributed by atoms with Crippen molar-refractivity contribution in [2.45, 2.75) is 0 Å². The Kier molecular flexibility index (Phi) is 4.25. The molecule has 1 saturated heterocycles. The number of hydrogen-bond acceptors (Lipinski definition) is 4. The Morgan fingerprint density at radius 2 is 2.00 bits per heavy atom. The summed E-state index contributed by atoms with van der Waals surface area (Å²) in [6, 6.07) is 6.46. The topological polar surface area (TPSA) is 27.7 Å². The predicted molar refractivity (Wildman–Crippen MR) is 82.1 cm³/mol. The summed E-state index contributed by atoms with van der Waals surface area (Å²) < 4.78 is 6.54. The molecule has 19 heavy (non-hydrogen) atoms. The maximum absolute atomic E-state index is 5.39. The molecule has 5 heteroatoms. The van der Waals surface area contributed by atoms with Crippen LogP contribution in [0.5, 0.6) is 0 Å². The van der Waals surface area contributed by atoms with Crippen LogP contribution < -0.4 is 10.2 Å². The number of benzene rings is 1. The van der Waals surface area contributed by atoms with Crippen molar-refractivity contribution in [2.24, 2.45) is 0 Å². The molecule has 0 spiro atoms. The van der Waals surface area contributed by atoms with Gasteiger partial charge in [0.15, 0.2) is 0 Å². The second-order valence-corrected chi connectivity index (χ2v) is 5.94. The van der Waals surface area contributed by atoms with E-state index in [0.717, 1.165) is 57.0 Å². The van der Waals surface area contributed by atoms with Crippen LogP contribution in [0.15, 0.2) is 22.7 Å². The number of morpholine rings is 1. The van der Waals surface area contributed by atoms with E-state index in [0.29, 0.717) is 0 Å². The van der Waals surface area contributed by atoms with Gasteiger partial charge in [-0.1, -0.05) is 15.9 Å². The lowest BCUT2D eigenvalue weighted by Crippen LogP contribution is -2.43. The largest absolute Gasteiger partial charge is 0.382 e. The van der Waals surface area contributed by atoms with E-state index in [-0.39, 0.29) is 0 Å². The number of halogens is 1. The highest BCUT2D eigenvalue weighted by Gasteiger charge is 2.18. The lowest BCUT2D eigenvalue weighted by molar-refractivity contribution is 0.0392. The number of nitrogens with one attached hydrogen (secondary N) is 1. The maximum atomic E-state index is 5.39. The third kappa shape index (κ3) is 3.22. The molecule has 1 N–H and O–H groups in total. The fraction of sp³-hybridized carbons (Fsp3) is 0.571. The highest BCUT2D eigenvalue weighted by Crippen LogP contribution is 2.31. The number of rotatable bonds is 3. The van der Waals surface area contributed by atoms with E-state index in [9.17, 15) is 0 Å². The minimum Gasteiger partial charge on any atom is -0.382 e. The Labute approximate surface area is 122 Å². The number of fused-ring (bicyclic) bond motifs is 1. The molecule has 0 unspecified atom stereocenters. The van der Waals surface area contributed by atoms with Crippen LogP contribution in [0.3, 0.4) is 0 Å². The first-order chi connectivity index (χ1) is 9.33. The van der Waals surface area contributed by atoms with E-state index in [4.69, 9.17) is 4.74 Å². The third-order valence-corrected chi connectivity index (χ3v) is 4.28. The fourth-order valence-electron chi connectivity index (χ4n) is 2.68. The summed E-state index contributed by atoms with van der Waals surface area (Å²) in [5.74, 6) is 0. The molecule has 0 amide bonds. The van der Waals surface area contributed by atoms with E-state index in [1.807, 2.05) is 0 Å². The Morgan fingerprint density at radius 1 is 1.16 bits per heavy atom. The quantitative estimate of drug-likeness (QED) is 0.920. The standard InChI is InChI=1S/C14H20BrN3O/c15-12-1-2-13-14(11-12)18(4-3-16-13)6-5-17-7-9-19-10-8-17/h1-2,11,16H,3-10H2. The smallest absolute Gasteiger partial charge is 0.0614 e. The van der Waals surface area contributed by atoms with Gasteiger partial charge >= 0.3 is 0 Å². The van der Waals surface area contributed by atoms with Crippen LogP contribution in [0.25, 0.3) is 0 Å². The lowest BCUT2D eigenvalue weighted by atomic mass is 10.2. The van der Waals surface area contributed by atoms with Crippen molar-refractivity contribution in [1.82, 2.24) is 4.90 Å². The van der Waals surface area contributed by atoms with Gasteiger partial charge in [0.2, 0.25) is 0 Å². The number of nitrogens with zero attached hydrogens (tertiary/aromatic N) is 2. The zero-order valence-electron chi connectivity index (χ0n) is 11.1. The van der Waals surface area contributed by atoms with Gasteiger partial charge in [-0.3, -0.25) is 4.90 Å². The third-order valence-electron chi connectivity index (χ3n) is 3.79. The van der Waals surface area contributed by atoms with Gasteiger partial charge < -0.3 is 15.0 Å². The average molecular weight is 326 g/mol. The second-order valence-electron chi connectivity index (χ2n) is 5.03. The normalized spacial score (nSPS) is 19.9. The summed E-state index contributed by atoms with van der Waals surface area (Å²) >= 11 is 3.56. The van der Waals surface area contributed by atoms with Crippen molar-refractivity contribution in [3.63, 3.8) is 0 Å². The van der Waals surface area contributed by atoms with Gasteiger partial charge in [-0.25, -0.2) is 0 Å². The molecule has 0 atom stereocenters. The van der Waals surface area contributed by atoms with Gasteiger partial charge in [0.05, 0.1) is 24.6 Å². The monoisotopic (exact) mass is 325 g/mol. The Hall–Kier alpha value is -0.780. The van der Waals surface area contributed by atoms with E-state index in [1.54, 1.807) is 0 Å². The van der Waals surface area contributed by atoms with Gasteiger partial charge in [-0.15, -0.1) is 0 Å². The fourth-order valence-corrected chi connectivity index (χ4v) is 3.03. The van der Waals surface area contributed by atoms with Gasteiger partial charge in [-0.05, 0) is 18.2 Å². The van der Waals surface area contributed by atoms with E-state index in [2.05, 4.69) is 49.2 Å². The Bertz CT molecular complexity index is 435. The molecule has 3 rings (SSSR count). The number of hydrogen-bond donors (Lipinski definition) is 1. The van der Waals surface area contributed by atoms with Crippen LogP contribution in [0, 0.1) is 0 Å². The summed E-state index contributed by atoms with van der Waals surface area (Å²) in [6.45, 7) is 8.20. The summed E-state index contributed by atoms with van der Waals surface area (Å²) in [5, 5.41) is 3.46. The molecule has 0 aliphatic carbocycles. The Morgan fingerprint density at radius 3 is 2.84 bits per heavy atom. The molecule has 1 aromatic carbocycles. The van der Waals surface area contributed by atoms with E-state index >= 15 is 0 Å². The van der Waals surface area contributed by atoms with Crippen molar-refractivity contribution in [3.8, 4) is 0 Å². The highest BCUT2D eigenvalue weighted by atomic mass is 79.9. The summed E-state index contributed by atoms with van der Waals surface area (Å²) in [4.78, 5) is 4.97. The average Bonchev–Trinajstić information content (AvgIpc) is 2.46. The van der Waals surface area contributed by atoms with E-state index in [1.165, 1.54) is 11.4 Å². The van der Waals surface area contributed by atoms with Crippen LogP contribution in [-0.4, -0.2) is 57.4 Å². The Balaban J connectivity index is 1.64. The SMILES string of the molecule is Brc1ccc2c(c1)N(CCN1CCOCC1)CCN2. The second kappa shape index (κ2) is 6.11. The van der Waals surface area contributed by atoms with Gasteiger partial charge in [0.25, 0.3) is 0 Å². The van der Waals surface area contributed by atoms with Crippen LogP contribution in [0.2, 0.25) is 0 Å². The van der Waals surface area contributed by atoms with Gasteiger partial charge in [0.1, 0.15) is 0 Å². The van der Waals surface area contributed by atoms with E-state index < -0.39 is 0 Å². The molecule has 0 radical (unpaired) electrons. The zero-order chi connectivity index (χ0) is 13.1. The molecule has 0 aromatic heterocycles. The minimum atomic E-state index is 0.879. The molecule has 1 fully saturated rings. The lowest BCUT2D eigenvalue weighted by Gasteiger charge is -2.35. The molecule has 104 valence electrons. The molecule has 4 nitrogen and oxygen atoms in total. The first-order valence-electron chi connectivity index (χ1n) is 6.91. The van der Waals surface area contributed by atoms with Crippen molar-refractivity contribution in [3.05, 3.63) is 22.7 Å². The zero-order valence-corrected chi connectivity index (χ0v) is 12.7. The first kappa shape index (κ1) is 13.2. The van der Waals surface area contributed by atoms with Crippen molar-refractivity contribution in [2.75, 3.05) is 62.7 Å². The van der Waals surface area contributed by atoms with Crippen LogP contribution in [0.1, 0.15) is 0 Å². The predicted octanol–water partition coefficient (Wildman–Crippen LogP) is 2.01. The molecule has 2 aliphatic heterocycles. The molecule has 2 aliphatic rings. The van der Waals surface area contributed by atoms with Crippen molar-refractivity contribution >= 4 is 27.3 Å². The molecule has 0 saturated carbocycles. The van der Waals surface area contributed by atoms with Gasteiger partial charge in [0, 0.05) is 43.7 Å². The molecular formula is C14H20BrN3O. The van der Waals surface area contributed by atoms with Crippen LogP contribution >= 0.6 is 15.9 Å². The molecule has 2 heterocycles. The van der Waals surface area contributed by atoms with Crippen molar-refractivity contribution < 1.29 is 4.74 Å². The number of anilines is 2. The number of ether oxygens (including phenoxy) is 1. The summed E-state index contributed by atoms with van der Waals surface area (Å²) in [5.41, 5.74) is 2.56. The van der Waals surface area contributed by atoms with Gasteiger partial charge in [-0.2, -0.15) is 0 Å². The van der Waals surface area contributed by atoms with Crippen LogP contribution in [0.4, 0.5) is 11.4 Å². The molecular weight excluding hydrogens is 306 g/mol.